The first-order chi connectivity index (χ1) is 10.0. The number of halogens is 1. The molecule has 0 saturated heterocycles. The predicted octanol–water partition coefficient (Wildman–Crippen LogP) is 0.00190. The van der Waals surface area contributed by atoms with Crippen LogP contribution >= 0.6 is 12.4 Å². The number of benzene rings is 1. The lowest BCUT2D eigenvalue weighted by Gasteiger charge is -2.27. The van der Waals surface area contributed by atoms with Gasteiger partial charge in [0.1, 0.15) is 6.33 Å². The van der Waals surface area contributed by atoms with Gasteiger partial charge < -0.3 is 5.32 Å². The first-order valence-corrected chi connectivity index (χ1v) is 6.40. The molecule has 0 spiro atoms. The van der Waals surface area contributed by atoms with Gasteiger partial charge in [0.05, 0.1) is 0 Å². The smallest absolute Gasteiger partial charge is 0.250 e. The van der Waals surface area contributed by atoms with E-state index < -0.39 is 11.7 Å². The second-order valence-electron chi connectivity index (χ2n) is 4.61. The van der Waals surface area contributed by atoms with Crippen LogP contribution in [0.4, 0.5) is 0 Å². The third-order valence-corrected chi connectivity index (χ3v) is 2.99. The predicted molar refractivity (Wildman–Crippen MR) is 80.8 cm³/mol. The summed E-state index contributed by atoms with van der Waals surface area (Å²) < 4.78 is 1.04. The summed E-state index contributed by atoms with van der Waals surface area (Å²) in [5.74, 6) is -2.60. The lowest BCUT2D eigenvalue weighted by molar-refractivity contribution is -0.136. The number of Topliss-reactive ketones (excluding diaryl/α,β-unsaturated/α-hetero) is 1. The molecule has 1 aromatic carbocycles. The molecule has 2 aromatic rings. The zero-order chi connectivity index (χ0) is 15.3. The molecule has 118 valence electrons. The molecular formula is C13H17ClN6O2. The van der Waals surface area contributed by atoms with E-state index in [-0.39, 0.29) is 24.6 Å². The Kier molecular flexibility index (Phi) is 6.14. The van der Waals surface area contributed by atoms with Gasteiger partial charge in [0.25, 0.3) is 0 Å². The van der Waals surface area contributed by atoms with Crippen molar-refractivity contribution >= 4 is 24.1 Å². The van der Waals surface area contributed by atoms with Crippen molar-refractivity contribution in [1.82, 2.24) is 25.5 Å². The average molecular weight is 325 g/mol. The van der Waals surface area contributed by atoms with Gasteiger partial charge in [0, 0.05) is 13.3 Å². The van der Waals surface area contributed by atoms with Crippen molar-refractivity contribution in [2.75, 3.05) is 0 Å². The molecule has 0 aliphatic carbocycles. The van der Waals surface area contributed by atoms with Crippen LogP contribution in [-0.4, -0.2) is 31.9 Å². The van der Waals surface area contributed by atoms with Gasteiger partial charge in [-0.3, -0.25) is 15.3 Å². The largest absolute Gasteiger partial charge is 0.313 e. The third kappa shape index (κ3) is 4.09. The molecule has 8 nitrogen and oxygen atoms in total. The van der Waals surface area contributed by atoms with E-state index in [0.29, 0.717) is 6.42 Å². The Morgan fingerprint density at radius 1 is 1.32 bits per heavy atom. The van der Waals surface area contributed by atoms with Crippen LogP contribution in [0.25, 0.3) is 0 Å². The highest BCUT2D eigenvalue weighted by Crippen LogP contribution is 2.11. The molecule has 0 radical (unpaired) electrons. The second-order valence-corrected chi connectivity index (χ2v) is 4.61. The summed E-state index contributed by atoms with van der Waals surface area (Å²) in [6, 6.07) is 9.52. The molecular weight excluding hydrogens is 308 g/mol. The first-order valence-electron chi connectivity index (χ1n) is 6.40. The lowest BCUT2D eigenvalue weighted by Crippen LogP contribution is -2.62. The van der Waals surface area contributed by atoms with E-state index in [4.69, 9.17) is 5.73 Å². The highest BCUT2D eigenvalue weighted by molar-refractivity contribution is 5.89. The second kappa shape index (κ2) is 7.62. The van der Waals surface area contributed by atoms with E-state index in [2.05, 4.69) is 20.8 Å². The quantitative estimate of drug-likeness (QED) is 0.723. The molecule has 1 amide bonds. The minimum Gasteiger partial charge on any atom is -0.313 e. The Morgan fingerprint density at radius 2 is 2.00 bits per heavy atom. The first kappa shape index (κ1) is 17.7. The van der Waals surface area contributed by atoms with Crippen molar-refractivity contribution in [3.8, 4) is 0 Å². The van der Waals surface area contributed by atoms with Crippen LogP contribution in [0.3, 0.4) is 0 Å². The number of aryl methyl sites for hydroxylation is 1. The normalized spacial score (nSPS) is 12.8. The number of amides is 1. The van der Waals surface area contributed by atoms with Crippen molar-refractivity contribution < 1.29 is 9.59 Å². The number of hydrogen-bond acceptors (Lipinski definition) is 6. The summed E-state index contributed by atoms with van der Waals surface area (Å²) in [4.78, 5) is 23.7. The lowest BCUT2D eigenvalue weighted by atomic mass is 10.0. The molecule has 0 bridgehead atoms. The molecule has 22 heavy (non-hydrogen) atoms. The van der Waals surface area contributed by atoms with Crippen molar-refractivity contribution in [3.05, 3.63) is 42.2 Å². The molecule has 1 atom stereocenters. The summed E-state index contributed by atoms with van der Waals surface area (Å²) in [6.07, 6.45) is 1.86. The molecule has 1 unspecified atom stereocenters. The molecule has 2 rings (SSSR count). The minimum atomic E-state index is -1.77. The maximum absolute atomic E-state index is 12.4. The fourth-order valence-corrected chi connectivity index (χ4v) is 1.94. The maximum atomic E-state index is 12.4. The summed E-state index contributed by atoms with van der Waals surface area (Å²) >= 11 is 0. The molecule has 0 aliphatic heterocycles. The highest BCUT2D eigenvalue weighted by Gasteiger charge is 2.37. The van der Waals surface area contributed by atoms with E-state index >= 15 is 0 Å². The van der Waals surface area contributed by atoms with Crippen molar-refractivity contribution in [2.45, 2.75) is 25.6 Å². The van der Waals surface area contributed by atoms with Crippen LogP contribution in [0.5, 0.6) is 0 Å². The van der Waals surface area contributed by atoms with E-state index in [1.54, 1.807) is 0 Å². The summed E-state index contributed by atoms with van der Waals surface area (Å²) in [5.41, 5.74) is 7.02. The molecule has 3 N–H and O–H groups in total. The number of carbonyl (C=O) groups is 2. The van der Waals surface area contributed by atoms with Gasteiger partial charge in [0.15, 0.2) is 5.78 Å². The Labute approximate surface area is 133 Å². The van der Waals surface area contributed by atoms with Crippen LogP contribution in [0, 0.1) is 0 Å². The van der Waals surface area contributed by atoms with Gasteiger partial charge in [-0.1, -0.05) is 30.3 Å². The highest BCUT2D eigenvalue weighted by atomic mass is 35.5. The van der Waals surface area contributed by atoms with E-state index in [1.807, 2.05) is 30.3 Å². The van der Waals surface area contributed by atoms with Crippen molar-refractivity contribution in [3.63, 3.8) is 0 Å². The zero-order valence-corrected chi connectivity index (χ0v) is 12.8. The number of carbonyl (C=O) groups excluding carboxylic acids is 2. The Balaban J connectivity index is 0.00000242. The van der Waals surface area contributed by atoms with Gasteiger partial charge in [-0.2, -0.15) is 4.68 Å². The Bertz CT molecular complexity index is 619. The third-order valence-electron chi connectivity index (χ3n) is 2.99. The van der Waals surface area contributed by atoms with Crippen LogP contribution in [0.1, 0.15) is 18.9 Å². The molecule has 0 aliphatic rings. The number of hydrogen-bond donors (Lipinski definition) is 2. The van der Waals surface area contributed by atoms with Crippen LogP contribution in [0.15, 0.2) is 36.7 Å². The number of tetrazole rings is 1. The fourth-order valence-electron chi connectivity index (χ4n) is 1.94. The average Bonchev–Trinajstić information content (AvgIpc) is 2.99. The number of rotatable bonds is 6. The number of nitrogens with zero attached hydrogens (tertiary/aromatic N) is 4. The number of nitrogens with two attached hydrogens (primary N) is 1. The van der Waals surface area contributed by atoms with E-state index in [0.717, 1.165) is 10.2 Å². The van der Waals surface area contributed by atoms with Crippen LogP contribution in [0.2, 0.25) is 0 Å². The number of aromatic nitrogens is 4. The Morgan fingerprint density at radius 3 is 2.55 bits per heavy atom. The molecule has 0 saturated carbocycles. The van der Waals surface area contributed by atoms with Crippen molar-refractivity contribution in [1.29, 1.82) is 0 Å². The summed E-state index contributed by atoms with van der Waals surface area (Å²) in [5, 5.41) is 12.9. The molecule has 1 heterocycles. The van der Waals surface area contributed by atoms with Crippen LogP contribution < -0.4 is 11.1 Å². The molecule has 0 fully saturated rings. The SMILES string of the molecule is CC(=O)NC(N)(C(=O)CCc1ccccc1)n1cnnn1.Cl. The zero-order valence-electron chi connectivity index (χ0n) is 12.0. The topological polar surface area (TPSA) is 116 Å². The van der Waals surface area contributed by atoms with Crippen molar-refractivity contribution in [2.24, 2.45) is 5.73 Å². The van der Waals surface area contributed by atoms with E-state index in [9.17, 15) is 9.59 Å². The monoisotopic (exact) mass is 324 g/mol. The summed E-state index contributed by atoms with van der Waals surface area (Å²) in [6.45, 7) is 1.27. The molecule has 9 heteroatoms. The minimum absolute atomic E-state index is 0. The van der Waals surface area contributed by atoms with Gasteiger partial charge in [-0.15, -0.1) is 17.5 Å². The molecule has 1 aromatic heterocycles. The summed E-state index contributed by atoms with van der Waals surface area (Å²) in [7, 11) is 0. The van der Waals surface area contributed by atoms with Gasteiger partial charge in [0.2, 0.25) is 11.7 Å². The Hall–Kier alpha value is -2.32. The van der Waals surface area contributed by atoms with Crippen LogP contribution in [-0.2, 0) is 21.8 Å². The fraction of sp³-hybridized carbons (Fsp3) is 0.308. The van der Waals surface area contributed by atoms with Gasteiger partial charge in [-0.25, -0.2) is 0 Å². The van der Waals surface area contributed by atoms with Gasteiger partial charge in [-0.05, 0) is 22.4 Å². The number of ketones is 1. The number of nitrogens with one attached hydrogen (secondary N) is 1. The maximum Gasteiger partial charge on any atom is 0.250 e. The van der Waals surface area contributed by atoms with Gasteiger partial charge >= 0.3 is 0 Å². The standard InChI is InChI=1S/C13H16N6O2.ClH/c1-10(20)16-13(14,19-9-15-17-18-19)12(21)8-7-11-5-3-2-4-6-11;/h2-6,9H,7-8,14H2,1H3,(H,16,20);1H. The van der Waals surface area contributed by atoms with E-state index in [1.165, 1.54) is 13.3 Å².